The number of hydrogen-bond donors (Lipinski definition) is 2. The molecule has 1 amide bonds. The largest absolute Gasteiger partial charge is 0.345 e. The van der Waals surface area contributed by atoms with Crippen LogP contribution in [0.4, 0.5) is 5.69 Å². The number of rotatable bonds is 7. The Hall–Kier alpha value is -2.07. The minimum Gasteiger partial charge on any atom is -0.345 e. The van der Waals surface area contributed by atoms with E-state index in [2.05, 4.69) is 17.6 Å². The van der Waals surface area contributed by atoms with Gasteiger partial charge in [0.25, 0.3) is 0 Å². The molecule has 0 fully saturated rings. The van der Waals surface area contributed by atoms with Gasteiger partial charge in [-0.25, -0.2) is 0 Å². The van der Waals surface area contributed by atoms with Crippen molar-refractivity contribution in [3.05, 3.63) is 53.9 Å². The first-order valence-corrected chi connectivity index (χ1v) is 7.39. The first-order chi connectivity index (χ1) is 10.2. The predicted octanol–water partition coefficient (Wildman–Crippen LogP) is 2.93. The van der Waals surface area contributed by atoms with Gasteiger partial charge in [0, 0.05) is 24.6 Å². The van der Waals surface area contributed by atoms with E-state index < -0.39 is 0 Å². The van der Waals surface area contributed by atoms with Crippen molar-refractivity contribution in [3.8, 4) is 0 Å². The summed E-state index contributed by atoms with van der Waals surface area (Å²) in [5.41, 5.74) is 3.18. The van der Waals surface area contributed by atoms with Gasteiger partial charge < -0.3 is 15.2 Å². The fourth-order valence-corrected chi connectivity index (χ4v) is 2.19. The third-order valence-corrected chi connectivity index (χ3v) is 3.20. The Morgan fingerprint density at radius 3 is 2.90 bits per heavy atom. The van der Waals surface area contributed by atoms with E-state index in [9.17, 15) is 4.79 Å². The Kier molecular flexibility index (Phi) is 5.58. The lowest BCUT2D eigenvalue weighted by molar-refractivity contribution is -0.116. The third kappa shape index (κ3) is 5.08. The number of benzene rings is 1. The smallest absolute Gasteiger partial charge is 0.244 e. The zero-order valence-corrected chi connectivity index (χ0v) is 12.7. The first kappa shape index (κ1) is 15.3. The van der Waals surface area contributed by atoms with E-state index in [4.69, 9.17) is 0 Å². The molecule has 1 heterocycles. The van der Waals surface area contributed by atoms with E-state index in [-0.39, 0.29) is 5.91 Å². The van der Waals surface area contributed by atoms with Gasteiger partial charge in [-0.2, -0.15) is 0 Å². The fraction of sp³-hybridized carbons (Fsp3) is 0.353. The minimum atomic E-state index is -0.00994. The van der Waals surface area contributed by atoms with Crippen LogP contribution in [0.3, 0.4) is 0 Å². The summed E-state index contributed by atoms with van der Waals surface area (Å²) in [6.07, 6.45) is 5.08. The van der Waals surface area contributed by atoms with E-state index in [0.29, 0.717) is 6.54 Å². The van der Waals surface area contributed by atoms with Crippen LogP contribution in [0.25, 0.3) is 0 Å². The second kappa shape index (κ2) is 7.64. The van der Waals surface area contributed by atoms with Gasteiger partial charge >= 0.3 is 0 Å². The lowest BCUT2D eigenvalue weighted by atomic mass is 10.2. The van der Waals surface area contributed by atoms with Crippen LogP contribution in [-0.4, -0.2) is 17.0 Å². The van der Waals surface area contributed by atoms with Crippen LogP contribution in [0.1, 0.15) is 24.5 Å². The molecule has 0 spiro atoms. The molecule has 4 nitrogen and oxygen atoms in total. The highest BCUT2D eigenvalue weighted by atomic mass is 16.1. The van der Waals surface area contributed by atoms with Crippen LogP contribution < -0.4 is 10.6 Å². The molecule has 1 aromatic heterocycles. The van der Waals surface area contributed by atoms with Gasteiger partial charge in [-0.3, -0.25) is 4.79 Å². The fourth-order valence-electron chi connectivity index (χ4n) is 2.19. The van der Waals surface area contributed by atoms with Crippen LogP contribution in [-0.2, 0) is 17.9 Å². The van der Waals surface area contributed by atoms with Gasteiger partial charge in [0.2, 0.25) is 5.91 Å². The second-order valence-corrected chi connectivity index (χ2v) is 5.29. The highest BCUT2D eigenvalue weighted by Crippen LogP contribution is 2.10. The zero-order chi connectivity index (χ0) is 15.1. The van der Waals surface area contributed by atoms with Crippen LogP contribution in [0.5, 0.6) is 0 Å². The Balaban J connectivity index is 1.85. The average Bonchev–Trinajstić information content (AvgIpc) is 2.86. The lowest BCUT2D eigenvalue weighted by Gasteiger charge is -2.07. The molecule has 0 aliphatic rings. The summed E-state index contributed by atoms with van der Waals surface area (Å²) < 4.78 is 1.91. The summed E-state index contributed by atoms with van der Waals surface area (Å²) in [5.74, 6) is -0.00994. The molecule has 1 aromatic carbocycles. The molecule has 0 radical (unpaired) electrons. The van der Waals surface area contributed by atoms with Crippen LogP contribution in [0.15, 0.2) is 42.7 Å². The predicted molar refractivity (Wildman–Crippen MR) is 86.2 cm³/mol. The molecular weight excluding hydrogens is 262 g/mol. The zero-order valence-electron chi connectivity index (χ0n) is 12.7. The molecule has 0 bridgehead atoms. The maximum Gasteiger partial charge on any atom is 0.244 e. The molecular formula is C17H23N3O. The molecule has 0 aliphatic carbocycles. The first-order valence-electron chi connectivity index (χ1n) is 7.39. The van der Waals surface area contributed by atoms with Gasteiger partial charge in [-0.15, -0.1) is 0 Å². The number of aromatic nitrogens is 1. The SMILES string of the molecule is CCCNCc1ccn(CC(=O)Nc2cccc(C)c2)c1. The summed E-state index contributed by atoms with van der Waals surface area (Å²) >= 11 is 0. The van der Waals surface area contributed by atoms with Crippen molar-refractivity contribution in [1.82, 2.24) is 9.88 Å². The topological polar surface area (TPSA) is 46.1 Å². The molecule has 0 atom stereocenters. The van der Waals surface area contributed by atoms with Crippen LogP contribution >= 0.6 is 0 Å². The number of nitrogens with one attached hydrogen (secondary N) is 2. The molecule has 4 heteroatoms. The van der Waals surface area contributed by atoms with E-state index in [1.165, 1.54) is 5.56 Å². The second-order valence-electron chi connectivity index (χ2n) is 5.29. The van der Waals surface area contributed by atoms with Gasteiger partial charge in [0.15, 0.2) is 0 Å². The van der Waals surface area contributed by atoms with E-state index in [1.807, 2.05) is 54.2 Å². The molecule has 21 heavy (non-hydrogen) atoms. The summed E-state index contributed by atoms with van der Waals surface area (Å²) in [6, 6.07) is 9.87. The Morgan fingerprint density at radius 1 is 1.29 bits per heavy atom. The van der Waals surface area contributed by atoms with Crippen molar-refractivity contribution in [2.24, 2.45) is 0 Å². The number of nitrogens with zero attached hydrogens (tertiary/aromatic N) is 1. The normalized spacial score (nSPS) is 10.6. The lowest BCUT2D eigenvalue weighted by Crippen LogP contribution is -2.18. The van der Waals surface area contributed by atoms with Crippen molar-refractivity contribution in [2.75, 3.05) is 11.9 Å². The summed E-state index contributed by atoms with van der Waals surface area (Å²) in [4.78, 5) is 12.0. The standard InChI is InChI=1S/C17H23N3O/c1-3-8-18-11-15-7-9-20(12-15)13-17(21)19-16-6-4-5-14(2)10-16/h4-7,9-10,12,18H,3,8,11,13H2,1-2H3,(H,19,21). The molecule has 0 saturated carbocycles. The van der Waals surface area contributed by atoms with Gasteiger partial charge in [-0.05, 0) is 49.2 Å². The number of hydrogen-bond acceptors (Lipinski definition) is 2. The molecule has 0 unspecified atom stereocenters. The van der Waals surface area contributed by atoms with Crippen molar-refractivity contribution in [1.29, 1.82) is 0 Å². The molecule has 0 aliphatic heterocycles. The summed E-state index contributed by atoms with van der Waals surface area (Å²) in [6.45, 7) is 6.35. The average molecular weight is 285 g/mol. The molecule has 2 rings (SSSR count). The Labute approximate surface area is 126 Å². The molecule has 112 valence electrons. The number of anilines is 1. The summed E-state index contributed by atoms with van der Waals surface area (Å²) in [7, 11) is 0. The highest BCUT2D eigenvalue weighted by Gasteiger charge is 2.04. The van der Waals surface area contributed by atoms with Gasteiger partial charge in [0.1, 0.15) is 6.54 Å². The Bertz CT molecular complexity index is 589. The van der Waals surface area contributed by atoms with Gasteiger partial charge in [-0.1, -0.05) is 19.1 Å². The van der Waals surface area contributed by atoms with Crippen molar-refractivity contribution in [3.63, 3.8) is 0 Å². The number of aryl methyl sites for hydroxylation is 1. The van der Waals surface area contributed by atoms with E-state index in [1.54, 1.807) is 0 Å². The number of amides is 1. The van der Waals surface area contributed by atoms with Crippen molar-refractivity contribution in [2.45, 2.75) is 33.4 Å². The third-order valence-electron chi connectivity index (χ3n) is 3.20. The van der Waals surface area contributed by atoms with E-state index >= 15 is 0 Å². The molecule has 0 saturated heterocycles. The summed E-state index contributed by atoms with van der Waals surface area (Å²) in [5, 5.41) is 6.27. The van der Waals surface area contributed by atoms with Crippen LogP contribution in [0, 0.1) is 6.92 Å². The number of carbonyl (C=O) groups excluding carboxylic acids is 1. The quantitative estimate of drug-likeness (QED) is 0.768. The van der Waals surface area contributed by atoms with Gasteiger partial charge in [0.05, 0.1) is 0 Å². The highest BCUT2D eigenvalue weighted by molar-refractivity contribution is 5.90. The molecule has 2 aromatic rings. The monoisotopic (exact) mass is 285 g/mol. The maximum absolute atomic E-state index is 12.0. The number of carbonyl (C=O) groups is 1. The Morgan fingerprint density at radius 2 is 2.14 bits per heavy atom. The minimum absolute atomic E-state index is 0.00994. The van der Waals surface area contributed by atoms with Crippen molar-refractivity contribution >= 4 is 11.6 Å². The van der Waals surface area contributed by atoms with E-state index in [0.717, 1.165) is 30.8 Å². The maximum atomic E-state index is 12.0. The van der Waals surface area contributed by atoms with Crippen LogP contribution in [0.2, 0.25) is 0 Å². The van der Waals surface area contributed by atoms with Crippen molar-refractivity contribution < 1.29 is 4.79 Å². The molecule has 2 N–H and O–H groups in total.